The summed E-state index contributed by atoms with van der Waals surface area (Å²) in [5, 5.41) is 9.03. The zero-order chi connectivity index (χ0) is 13.1. The molecule has 0 aliphatic carbocycles. The minimum absolute atomic E-state index is 0.438. The van der Waals surface area contributed by atoms with E-state index in [1.807, 2.05) is 32.0 Å². The number of nitrogens with two attached hydrogens (primary N) is 1. The van der Waals surface area contributed by atoms with Gasteiger partial charge in [-0.05, 0) is 55.3 Å². The van der Waals surface area contributed by atoms with Crippen LogP contribution in [0.2, 0.25) is 0 Å². The smallest absolute Gasteiger partial charge is 0.145 e. The summed E-state index contributed by atoms with van der Waals surface area (Å²) in [6.07, 6.45) is 0. The first-order chi connectivity index (χ1) is 8.60. The van der Waals surface area contributed by atoms with Crippen LogP contribution in [0.25, 0.3) is 0 Å². The second kappa shape index (κ2) is 4.80. The van der Waals surface area contributed by atoms with E-state index in [4.69, 9.17) is 15.7 Å². The zero-order valence-electron chi connectivity index (χ0n) is 10.4. The van der Waals surface area contributed by atoms with Gasteiger partial charge in [-0.3, -0.25) is 0 Å². The second-order valence-electron chi connectivity index (χ2n) is 4.22. The average molecular weight is 238 g/mol. The fourth-order valence-corrected chi connectivity index (χ4v) is 1.63. The summed E-state index contributed by atoms with van der Waals surface area (Å²) in [6, 6.07) is 13.0. The fraction of sp³-hybridized carbons (Fsp3) is 0.133. The summed E-state index contributed by atoms with van der Waals surface area (Å²) in [5.74, 6) is 1.24. The van der Waals surface area contributed by atoms with Crippen molar-refractivity contribution in [1.29, 1.82) is 5.26 Å². The van der Waals surface area contributed by atoms with E-state index in [1.54, 1.807) is 18.2 Å². The third-order valence-electron chi connectivity index (χ3n) is 2.83. The van der Waals surface area contributed by atoms with Gasteiger partial charge in [0.2, 0.25) is 0 Å². The molecule has 0 amide bonds. The quantitative estimate of drug-likeness (QED) is 0.814. The third-order valence-corrected chi connectivity index (χ3v) is 2.83. The number of nitriles is 1. The first-order valence-corrected chi connectivity index (χ1v) is 5.65. The van der Waals surface area contributed by atoms with Crippen molar-refractivity contribution in [1.82, 2.24) is 0 Å². The molecule has 2 aromatic rings. The minimum Gasteiger partial charge on any atom is -0.456 e. The number of hydrogen-bond donors (Lipinski definition) is 1. The molecule has 2 rings (SSSR count). The Labute approximate surface area is 106 Å². The Morgan fingerprint density at radius 1 is 1.06 bits per heavy atom. The molecule has 0 unspecified atom stereocenters. The fourth-order valence-electron chi connectivity index (χ4n) is 1.63. The van der Waals surface area contributed by atoms with Gasteiger partial charge in [-0.1, -0.05) is 6.07 Å². The van der Waals surface area contributed by atoms with Crippen LogP contribution in [-0.2, 0) is 0 Å². The molecule has 3 nitrogen and oxygen atoms in total. The minimum atomic E-state index is 0.438. The van der Waals surface area contributed by atoms with E-state index in [0.29, 0.717) is 17.0 Å². The average Bonchev–Trinajstić information content (AvgIpc) is 2.36. The van der Waals surface area contributed by atoms with Gasteiger partial charge in [0.05, 0.1) is 5.56 Å². The summed E-state index contributed by atoms with van der Waals surface area (Å²) in [5.41, 5.74) is 8.99. The van der Waals surface area contributed by atoms with E-state index in [-0.39, 0.29) is 0 Å². The summed E-state index contributed by atoms with van der Waals surface area (Å²) < 4.78 is 5.71. The van der Waals surface area contributed by atoms with Crippen LogP contribution in [0.5, 0.6) is 11.5 Å². The Morgan fingerprint density at radius 2 is 1.83 bits per heavy atom. The molecule has 0 spiro atoms. The van der Waals surface area contributed by atoms with Crippen molar-refractivity contribution in [3.8, 4) is 17.6 Å². The summed E-state index contributed by atoms with van der Waals surface area (Å²) in [6.45, 7) is 4.07. The van der Waals surface area contributed by atoms with Gasteiger partial charge in [-0.2, -0.15) is 5.26 Å². The molecule has 0 aliphatic heterocycles. The Morgan fingerprint density at radius 3 is 2.50 bits per heavy atom. The van der Waals surface area contributed by atoms with Crippen LogP contribution >= 0.6 is 0 Å². The predicted octanol–water partition coefficient (Wildman–Crippen LogP) is 3.55. The lowest BCUT2D eigenvalue weighted by Crippen LogP contribution is -1.92. The number of aryl methyl sites for hydroxylation is 2. The number of hydrogen-bond acceptors (Lipinski definition) is 3. The maximum Gasteiger partial charge on any atom is 0.145 e. The second-order valence-corrected chi connectivity index (χ2v) is 4.22. The number of rotatable bonds is 2. The Hall–Kier alpha value is -2.47. The van der Waals surface area contributed by atoms with Crippen LogP contribution in [0, 0.1) is 25.2 Å². The molecule has 3 heteroatoms. The zero-order valence-corrected chi connectivity index (χ0v) is 10.4. The number of nitrogens with zero attached hydrogens (tertiary/aromatic N) is 1. The number of ether oxygens (including phenoxy) is 1. The standard InChI is InChI=1S/C15H14N2O/c1-10-3-5-14(7-11(10)2)18-15-6-4-13(17)8-12(15)9-16/h3-8H,17H2,1-2H3. The van der Waals surface area contributed by atoms with Gasteiger partial charge >= 0.3 is 0 Å². The lowest BCUT2D eigenvalue weighted by molar-refractivity contribution is 0.480. The number of benzene rings is 2. The number of anilines is 1. The molecule has 0 aromatic heterocycles. The van der Waals surface area contributed by atoms with E-state index in [9.17, 15) is 0 Å². The molecule has 0 aliphatic rings. The SMILES string of the molecule is Cc1ccc(Oc2ccc(N)cc2C#N)cc1C. The monoisotopic (exact) mass is 238 g/mol. The van der Waals surface area contributed by atoms with Crippen molar-refractivity contribution in [3.63, 3.8) is 0 Å². The van der Waals surface area contributed by atoms with Gasteiger partial charge in [-0.15, -0.1) is 0 Å². The molecule has 0 saturated carbocycles. The van der Waals surface area contributed by atoms with Crippen LogP contribution in [0.1, 0.15) is 16.7 Å². The van der Waals surface area contributed by atoms with Gasteiger partial charge in [0, 0.05) is 5.69 Å². The molecule has 0 radical (unpaired) electrons. The highest BCUT2D eigenvalue weighted by Gasteiger charge is 2.05. The highest BCUT2D eigenvalue weighted by Crippen LogP contribution is 2.27. The number of nitrogen functional groups attached to an aromatic ring is 1. The van der Waals surface area contributed by atoms with Gasteiger partial charge < -0.3 is 10.5 Å². The normalized spacial score (nSPS) is 9.83. The van der Waals surface area contributed by atoms with E-state index in [2.05, 4.69) is 6.07 Å². The van der Waals surface area contributed by atoms with Crippen LogP contribution < -0.4 is 10.5 Å². The van der Waals surface area contributed by atoms with E-state index >= 15 is 0 Å². The molecule has 0 atom stereocenters. The lowest BCUT2D eigenvalue weighted by atomic mass is 10.1. The van der Waals surface area contributed by atoms with Crippen molar-refractivity contribution in [3.05, 3.63) is 53.1 Å². The first kappa shape index (κ1) is 12.0. The van der Waals surface area contributed by atoms with Gasteiger partial charge in [0.25, 0.3) is 0 Å². The van der Waals surface area contributed by atoms with Crippen molar-refractivity contribution >= 4 is 5.69 Å². The molecule has 90 valence electrons. The molecule has 0 heterocycles. The molecule has 0 saturated heterocycles. The Balaban J connectivity index is 2.34. The molecular weight excluding hydrogens is 224 g/mol. The van der Waals surface area contributed by atoms with Crippen molar-refractivity contribution < 1.29 is 4.74 Å². The summed E-state index contributed by atoms with van der Waals surface area (Å²) >= 11 is 0. The van der Waals surface area contributed by atoms with Crippen molar-refractivity contribution in [2.24, 2.45) is 0 Å². The Kier molecular flexibility index (Phi) is 3.20. The van der Waals surface area contributed by atoms with Crippen LogP contribution in [-0.4, -0.2) is 0 Å². The van der Waals surface area contributed by atoms with Crippen LogP contribution in [0.15, 0.2) is 36.4 Å². The predicted molar refractivity (Wildman–Crippen MR) is 71.6 cm³/mol. The summed E-state index contributed by atoms with van der Waals surface area (Å²) in [4.78, 5) is 0. The highest BCUT2D eigenvalue weighted by molar-refractivity contribution is 5.54. The van der Waals surface area contributed by atoms with Crippen LogP contribution in [0.4, 0.5) is 5.69 Å². The topological polar surface area (TPSA) is 59.0 Å². The largest absolute Gasteiger partial charge is 0.456 e. The van der Waals surface area contributed by atoms with E-state index < -0.39 is 0 Å². The van der Waals surface area contributed by atoms with E-state index in [1.165, 1.54) is 5.56 Å². The van der Waals surface area contributed by atoms with Crippen molar-refractivity contribution in [2.75, 3.05) is 5.73 Å². The maximum absolute atomic E-state index is 9.03. The summed E-state index contributed by atoms with van der Waals surface area (Å²) in [7, 11) is 0. The maximum atomic E-state index is 9.03. The first-order valence-electron chi connectivity index (χ1n) is 5.65. The molecule has 18 heavy (non-hydrogen) atoms. The molecule has 2 aromatic carbocycles. The molecule has 0 fully saturated rings. The lowest BCUT2D eigenvalue weighted by Gasteiger charge is -2.09. The van der Waals surface area contributed by atoms with Gasteiger partial charge in [0.1, 0.15) is 17.6 Å². The van der Waals surface area contributed by atoms with Crippen LogP contribution in [0.3, 0.4) is 0 Å². The molecule has 0 bridgehead atoms. The van der Waals surface area contributed by atoms with Gasteiger partial charge in [-0.25, -0.2) is 0 Å². The third kappa shape index (κ3) is 2.44. The van der Waals surface area contributed by atoms with Crippen molar-refractivity contribution in [2.45, 2.75) is 13.8 Å². The molecular formula is C15H14N2O. The molecule has 2 N–H and O–H groups in total. The van der Waals surface area contributed by atoms with Gasteiger partial charge in [0.15, 0.2) is 0 Å². The highest BCUT2D eigenvalue weighted by atomic mass is 16.5. The Bertz CT molecular complexity index is 627. The van der Waals surface area contributed by atoms with E-state index in [0.717, 1.165) is 11.3 Å².